The van der Waals surface area contributed by atoms with E-state index in [1.165, 1.54) is 4.57 Å². The normalized spacial score (nSPS) is 11.0. The summed E-state index contributed by atoms with van der Waals surface area (Å²) in [5.74, 6) is 1.34. The molecule has 0 spiro atoms. The molecule has 0 saturated heterocycles. The maximum atomic E-state index is 13.0. The number of benzene rings is 2. The summed E-state index contributed by atoms with van der Waals surface area (Å²) in [6, 6.07) is 12.7. The van der Waals surface area contributed by atoms with Gasteiger partial charge in [-0.3, -0.25) is 4.57 Å². The second kappa shape index (κ2) is 10.7. The van der Waals surface area contributed by atoms with E-state index >= 15 is 0 Å². The van der Waals surface area contributed by atoms with Gasteiger partial charge < -0.3 is 15.0 Å². The van der Waals surface area contributed by atoms with E-state index in [0.717, 1.165) is 5.56 Å². The molecule has 0 fully saturated rings. The zero-order chi connectivity index (χ0) is 23.3. The van der Waals surface area contributed by atoms with E-state index in [0.29, 0.717) is 53.0 Å². The third-order valence-electron chi connectivity index (χ3n) is 4.74. The van der Waals surface area contributed by atoms with Gasteiger partial charge >= 0.3 is 5.69 Å². The van der Waals surface area contributed by atoms with Crippen LogP contribution in [0.3, 0.4) is 0 Å². The number of ether oxygens (including phenoxy) is 1. The van der Waals surface area contributed by atoms with Crippen LogP contribution in [0.1, 0.15) is 33.3 Å². The lowest BCUT2D eigenvalue weighted by Gasteiger charge is -2.21. The standard InChI is InChI=1S/C23H27Cl2N5O2/c1-5-29(6-2)21-27-22(26-18-11-12-20(19(25)13-18)32-15(3)4)30(23(31)28-21)14-16-7-9-17(24)10-8-16/h7-13,15H,5-6,14H2,1-4H3,(H,26,27,28,31). The maximum Gasteiger partial charge on any atom is 0.353 e. The van der Waals surface area contributed by atoms with Crippen molar-refractivity contribution in [2.24, 2.45) is 0 Å². The third-order valence-corrected chi connectivity index (χ3v) is 5.29. The van der Waals surface area contributed by atoms with Crippen LogP contribution in [0.4, 0.5) is 17.6 Å². The second-order valence-corrected chi connectivity index (χ2v) is 8.30. The van der Waals surface area contributed by atoms with E-state index in [9.17, 15) is 4.79 Å². The Hall–Kier alpha value is -2.77. The molecule has 3 aromatic rings. The highest BCUT2D eigenvalue weighted by molar-refractivity contribution is 6.32. The number of nitrogens with zero attached hydrogens (tertiary/aromatic N) is 4. The summed E-state index contributed by atoms with van der Waals surface area (Å²) >= 11 is 12.4. The molecule has 1 N–H and O–H groups in total. The van der Waals surface area contributed by atoms with Gasteiger partial charge in [-0.2, -0.15) is 9.97 Å². The lowest BCUT2D eigenvalue weighted by atomic mass is 10.2. The molecule has 1 aromatic heterocycles. The fraction of sp³-hybridized carbons (Fsp3) is 0.348. The highest BCUT2D eigenvalue weighted by atomic mass is 35.5. The molecular weight excluding hydrogens is 449 g/mol. The molecule has 9 heteroatoms. The van der Waals surface area contributed by atoms with Crippen molar-refractivity contribution < 1.29 is 4.74 Å². The molecule has 3 rings (SSSR count). The number of anilines is 3. The lowest BCUT2D eigenvalue weighted by Crippen LogP contribution is -2.32. The highest BCUT2D eigenvalue weighted by Gasteiger charge is 2.15. The van der Waals surface area contributed by atoms with Gasteiger partial charge in [0.2, 0.25) is 11.9 Å². The van der Waals surface area contributed by atoms with E-state index in [1.807, 2.05) is 50.8 Å². The van der Waals surface area contributed by atoms with Crippen LogP contribution in [0.15, 0.2) is 47.3 Å². The summed E-state index contributed by atoms with van der Waals surface area (Å²) in [5.41, 5.74) is 1.18. The first-order valence-electron chi connectivity index (χ1n) is 10.5. The molecule has 32 heavy (non-hydrogen) atoms. The average Bonchev–Trinajstić information content (AvgIpc) is 2.74. The SMILES string of the molecule is CCN(CC)c1nc(Nc2ccc(OC(C)C)c(Cl)c2)n(Cc2ccc(Cl)cc2)c(=O)n1. The van der Waals surface area contributed by atoms with Crippen LogP contribution >= 0.6 is 23.2 Å². The molecule has 0 radical (unpaired) electrons. The first-order valence-corrected chi connectivity index (χ1v) is 11.3. The Balaban J connectivity index is 2.01. The molecule has 0 saturated carbocycles. The minimum Gasteiger partial charge on any atom is -0.489 e. The Bertz CT molecular complexity index is 1110. The Labute approximate surface area is 198 Å². The molecule has 0 amide bonds. The van der Waals surface area contributed by atoms with E-state index in [4.69, 9.17) is 27.9 Å². The van der Waals surface area contributed by atoms with Gasteiger partial charge in [0.05, 0.1) is 17.7 Å². The molecule has 0 aliphatic heterocycles. The van der Waals surface area contributed by atoms with Gasteiger partial charge in [-0.05, 0) is 63.6 Å². The monoisotopic (exact) mass is 475 g/mol. The number of halogens is 2. The van der Waals surface area contributed by atoms with E-state index in [-0.39, 0.29) is 6.10 Å². The van der Waals surface area contributed by atoms with Crippen LogP contribution in [0.25, 0.3) is 0 Å². The Morgan fingerprint density at radius 3 is 2.34 bits per heavy atom. The van der Waals surface area contributed by atoms with E-state index in [1.54, 1.807) is 24.3 Å². The maximum absolute atomic E-state index is 13.0. The van der Waals surface area contributed by atoms with Gasteiger partial charge in [0.1, 0.15) is 5.75 Å². The molecule has 0 aliphatic rings. The van der Waals surface area contributed by atoms with Crippen LogP contribution in [0.2, 0.25) is 10.0 Å². The average molecular weight is 476 g/mol. The summed E-state index contributed by atoms with van der Waals surface area (Å²) < 4.78 is 7.19. The van der Waals surface area contributed by atoms with Crippen molar-refractivity contribution in [2.75, 3.05) is 23.3 Å². The Kier molecular flexibility index (Phi) is 7.99. The molecule has 1 heterocycles. The number of nitrogens with one attached hydrogen (secondary N) is 1. The first kappa shape index (κ1) is 23.9. The Morgan fingerprint density at radius 1 is 1.06 bits per heavy atom. The van der Waals surface area contributed by atoms with Crippen molar-refractivity contribution in [2.45, 2.75) is 40.3 Å². The second-order valence-electron chi connectivity index (χ2n) is 7.45. The van der Waals surface area contributed by atoms with E-state index < -0.39 is 5.69 Å². The van der Waals surface area contributed by atoms with Crippen molar-refractivity contribution in [3.05, 3.63) is 68.6 Å². The van der Waals surface area contributed by atoms with Crippen LogP contribution in [-0.2, 0) is 6.54 Å². The molecule has 0 aliphatic carbocycles. The number of hydrogen-bond acceptors (Lipinski definition) is 6. The van der Waals surface area contributed by atoms with E-state index in [2.05, 4.69) is 15.3 Å². The number of aromatic nitrogens is 3. The van der Waals surface area contributed by atoms with Crippen molar-refractivity contribution >= 4 is 40.8 Å². The zero-order valence-corrected chi connectivity index (χ0v) is 20.1. The molecular formula is C23H27Cl2N5O2. The summed E-state index contributed by atoms with van der Waals surface area (Å²) in [4.78, 5) is 23.8. The van der Waals surface area contributed by atoms with Crippen molar-refractivity contribution in [1.82, 2.24) is 14.5 Å². The molecule has 0 unspecified atom stereocenters. The quantitative estimate of drug-likeness (QED) is 0.448. The van der Waals surface area contributed by atoms with Crippen LogP contribution < -0.4 is 20.6 Å². The lowest BCUT2D eigenvalue weighted by molar-refractivity contribution is 0.242. The van der Waals surface area contributed by atoms with Crippen molar-refractivity contribution in [1.29, 1.82) is 0 Å². The molecule has 7 nitrogen and oxygen atoms in total. The predicted octanol–water partition coefficient (Wildman–Crippen LogP) is 5.37. The third kappa shape index (κ3) is 5.93. The summed E-state index contributed by atoms with van der Waals surface area (Å²) in [5, 5.41) is 4.33. The summed E-state index contributed by atoms with van der Waals surface area (Å²) in [6.45, 7) is 9.52. The van der Waals surface area contributed by atoms with Gasteiger partial charge in [0.25, 0.3) is 0 Å². The summed E-state index contributed by atoms with van der Waals surface area (Å²) in [7, 11) is 0. The van der Waals surface area contributed by atoms with Gasteiger partial charge in [-0.1, -0.05) is 35.3 Å². The summed E-state index contributed by atoms with van der Waals surface area (Å²) in [6.07, 6.45) is 0.00866. The molecule has 170 valence electrons. The number of rotatable bonds is 9. The smallest absolute Gasteiger partial charge is 0.353 e. The van der Waals surface area contributed by atoms with Crippen LogP contribution in [0, 0.1) is 0 Å². The molecule has 0 atom stereocenters. The van der Waals surface area contributed by atoms with Crippen LogP contribution in [0.5, 0.6) is 5.75 Å². The van der Waals surface area contributed by atoms with Crippen LogP contribution in [-0.4, -0.2) is 33.7 Å². The topological polar surface area (TPSA) is 72.3 Å². The fourth-order valence-corrected chi connectivity index (χ4v) is 3.48. The highest BCUT2D eigenvalue weighted by Crippen LogP contribution is 2.30. The van der Waals surface area contributed by atoms with Crippen molar-refractivity contribution in [3.8, 4) is 5.75 Å². The zero-order valence-electron chi connectivity index (χ0n) is 18.6. The predicted molar refractivity (Wildman–Crippen MR) is 131 cm³/mol. The minimum absolute atomic E-state index is 0.00866. The van der Waals surface area contributed by atoms with Gasteiger partial charge in [0.15, 0.2) is 0 Å². The van der Waals surface area contributed by atoms with Gasteiger partial charge in [-0.15, -0.1) is 0 Å². The minimum atomic E-state index is -0.398. The number of hydrogen-bond donors (Lipinski definition) is 1. The molecule has 2 aromatic carbocycles. The van der Waals surface area contributed by atoms with Gasteiger partial charge in [-0.25, -0.2) is 4.79 Å². The molecule has 0 bridgehead atoms. The largest absolute Gasteiger partial charge is 0.489 e. The Morgan fingerprint density at radius 2 is 1.75 bits per heavy atom. The fourth-order valence-electron chi connectivity index (χ4n) is 3.13. The first-order chi connectivity index (χ1) is 15.3. The van der Waals surface area contributed by atoms with Crippen molar-refractivity contribution in [3.63, 3.8) is 0 Å². The van der Waals surface area contributed by atoms with Gasteiger partial charge in [0, 0.05) is 23.8 Å².